The Balaban J connectivity index is 2.02. The van der Waals surface area contributed by atoms with Crippen LogP contribution in [0.4, 0.5) is 5.82 Å². The molecule has 1 N–H and O–H groups in total. The van der Waals surface area contributed by atoms with Crippen LogP contribution < -0.4 is 5.32 Å². The van der Waals surface area contributed by atoms with Crippen LogP contribution >= 0.6 is 15.9 Å². The highest BCUT2D eigenvalue weighted by Crippen LogP contribution is 2.21. The van der Waals surface area contributed by atoms with E-state index in [0.29, 0.717) is 11.2 Å². The second-order valence-corrected chi connectivity index (χ2v) is 5.84. The molecule has 2 aromatic heterocycles. The Morgan fingerprint density at radius 1 is 1.25 bits per heavy atom. The van der Waals surface area contributed by atoms with E-state index >= 15 is 0 Å². The summed E-state index contributed by atoms with van der Waals surface area (Å²) < 4.78 is 7.46. The van der Waals surface area contributed by atoms with E-state index in [0.717, 1.165) is 4.47 Å². The summed E-state index contributed by atoms with van der Waals surface area (Å²) in [6, 6.07) is 12.3. The third kappa shape index (κ3) is 3.16. The molecular formula is C17H14BrN3O3. The van der Waals surface area contributed by atoms with Crippen LogP contribution in [0.2, 0.25) is 0 Å². The van der Waals surface area contributed by atoms with E-state index in [2.05, 4.69) is 26.2 Å². The van der Waals surface area contributed by atoms with Gasteiger partial charge in [-0.3, -0.25) is 9.20 Å². The maximum atomic E-state index is 12.5. The Kier molecular flexibility index (Phi) is 4.61. The van der Waals surface area contributed by atoms with Crippen molar-refractivity contribution < 1.29 is 14.3 Å². The predicted octanol–water partition coefficient (Wildman–Crippen LogP) is 3.53. The molecule has 0 aliphatic rings. The van der Waals surface area contributed by atoms with Crippen LogP contribution in [0.1, 0.15) is 27.8 Å². The summed E-state index contributed by atoms with van der Waals surface area (Å²) in [6.45, 7) is 1.94. The minimum Gasteiger partial charge on any atom is -0.461 e. The van der Waals surface area contributed by atoms with Crippen molar-refractivity contribution in [2.45, 2.75) is 6.92 Å². The lowest BCUT2D eigenvalue weighted by Gasteiger charge is -2.07. The van der Waals surface area contributed by atoms with Crippen LogP contribution in [0.15, 0.2) is 53.1 Å². The van der Waals surface area contributed by atoms with Gasteiger partial charge in [0.15, 0.2) is 11.5 Å². The van der Waals surface area contributed by atoms with Crippen LogP contribution in [0.3, 0.4) is 0 Å². The minimum absolute atomic E-state index is 0.0754. The summed E-state index contributed by atoms with van der Waals surface area (Å²) >= 11 is 3.33. The molecule has 3 rings (SSSR count). The number of imidazole rings is 1. The maximum absolute atomic E-state index is 12.5. The molecule has 122 valence electrons. The fourth-order valence-electron chi connectivity index (χ4n) is 2.27. The van der Waals surface area contributed by atoms with E-state index < -0.39 is 5.97 Å². The average Bonchev–Trinajstić information content (AvgIpc) is 2.94. The molecular weight excluding hydrogens is 374 g/mol. The number of nitrogens with one attached hydrogen (secondary N) is 1. The number of pyridine rings is 1. The van der Waals surface area contributed by atoms with Crippen LogP contribution in [-0.4, -0.2) is 27.9 Å². The van der Waals surface area contributed by atoms with Crippen molar-refractivity contribution >= 4 is 39.3 Å². The Bertz CT molecular complexity index is 920. The number of carbonyl (C=O) groups excluding carboxylic acids is 2. The van der Waals surface area contributed by atoms with E-state index in [1.807, 2.05) is 6.07 Å². The molecule has 0 atom stereocenters. The number of amides is 1. The van der Waals surface area contributed by atoms with E-state index in [1.54, 1.807) is 53.9 Å². The lowest BCUT2D eigenvalue weighted by molar-refractivity contribution is 0.0521. The molecule has 0 saturated carbocycles. The molecule has 6 nitrogen and oxygen atoms in total. The van der Waals surface area contributed by atoms with Gasteiger partial charge in [0.25, 0.3) is 5.91 Å². The molecule has 0 unspecified atom stereocenters. The van der Waals surface area contributed by atoms with Crippen molar-refractivity contribution in [1.82, 2.24) is 9.38 Å². The fraction of sp³-hybridized carbons (Fsp3) is 0.118. The minimum atomic E-state index is -0.578. The highest BCUT2D eigenvalue weighted by atomic mass is 79.9. The number of nitrogens with zero attached hydrogens (tertiary/aromatic N) is 2. The highest BCUT2D eigenvalue weighted by molar-refractivity contribution is 9.10. The van der Waals surface area contributed by atoms with Gasteiger partial charge >= 0.3 is 5.97 Å². The van der Waals surface area contributed by atoms with Gasteiger partial charge in [-0.2, -0.15) is 0 Å². The van der Waals surface area contributed by atoms with Gasteiger partial charge in [-0.25, -0.2) is 9.78 Å². The van der Waals surface area contributed by atoms with Gasteiger partial charge < -0.3 is 10.1 Å². The summed E-state index contributed by atoms with van der Waals surface area (Å²) in [5, 5.41) is 2.76. The molecule has 0 aliphatic heterocycles. The number of anilines is 1. The number of hydrogen-bond donors (Lipinski definition) is 1. The van der Waals surface area contributed by atoms with Gasteiger partial charge in [0.2, 0.25) is 0 Å². The quantitative estimate of drug-likeness (QED) is 0.695. The first-order valence-corrected chi connectivity index (χ1v) is 8.10. The summed E-state index contributed by atoms with van der Waals surface area (Å²) in [6.07, 6.45) is 1.72. The number of benzene rings is 1. The van der Waals surface area contributed by atoms with Gasteiger partial charge in [0.1, 0.15) is 5.65 Å². The number of ether oxygens (including phenoxy) is 1. The van der Waals surface area contributed by atoms with Gasteiger partial charge in [0, 0.05) is 16.2 Å². The lowest BCUT2D eigenvalue weighted by Crippen LogP contribution is -2.17. The number of esters is 1. The molecule has 0 spiro atoms. The van der Waals surface area contributed by atoms with E-state index in [1.165, 1.54) is 0 Å². The molecule has 24 heavy (non-hydrogen) atoms. The summed E-state index contributed by atoms with van der Waals surface area (Å²) in [5.41, 5.74) is 1.08. The Labute approximate surface area is 146 Å². The fourth-order valence-corrected chi connectivity index (χ4v) is 2.67. The zero-order valence-corrected chi connectivity index (χ0v) is 14.4. The molecule has 0 bridgehead atoms. The molecule has 0 saturated heterocycles. The number of halogens is 1. The monoisotopic (exact) mass is 387 g/mol. The second kappa shape index (κ2) is 6.84. The average molecular weight is 388 g/mol. The summed E-state index contributed by atoms with van der Waals surface area (Å²) in [5.74, 6) is -0.632. The smallest absolute Gasteiger partial charge is 0.360 e. The van der Waals surface area contributed by atoms with E-state index in [4.69, 9.17) is 4.74 Å². The van der Waals surface area contributed by atoms with E-state index in [9.17, 15) is 9.59 Å². The topological polar surface area (TPSA) is 72.7 Å². The van der Waals surface area contributed by atoms with Gasteiger partial charge in [-0.15, -0.1) is 0 Å². The van der Waals surface area contributed by atoms with Crippen LogP contribution in [-0.2, 0) is 4.74 Å². The largest absolute Gasteiger partial charge is 0.461 e. The lowest BCUT2D eigenvalue weighted by atomic mass is 10.2. The van der Waals surface area contributed by atoms with Crippen molar-refractivity contribution in [2.24, 2.45) is 0 Å². The molecule has 0 radical (unpaired) electrons. The van der Waals surface area contributed by atoms with Gasteiger partial charge in [-0.1, -0.05) is 28.1 Å². The van der Waals surface area contributed by atoms with Crippen molar-refractivity contribution in [2.75, 3.05) is 11.9 Å². The van der Waals surface area contributed by atoms with Gasteiger partial charge in [0.05, 0.1) is 6.61 Å². The molecule has 2 heterocycles. The van der Waals surface area contributed by atoms with Crippen molar-refractivity contribution in [1.29, 1.82) is 0 Å². The normalized spacial score (nSPS) is 10.6. The number of aromatic nitrogens is 2. The standard InChI is InChI=1S/C17H14BrN3O3/c1-2-24-17(23)14-15(21-9-4-3-8-13(21)19-14)20-16(22)11-6-5-7-12(18)10-11/h3-10H,2H2,1H3,(H,20,22). The van der Waals surface area contributed by atoms with Crippen molar-refractivity contribution in [3.8, 4) is 0 Å². The highest BCUT2D eigenvalue weighted by Gasteiger charge is 2.22. The molecule has 1 aromatic carbocycles. The Morgan fingerprint density at radius 2 is 2.08 bits per heavy atom. The van der Waals surface area contributed by atoms with Gasteiger partial charge in [-0.05, 0) is 37.3 Å². The van der Waals surface area contributed by atoms with Crippen molar-refractivity contribution in [3.05, 3.63) is 64.4 Å². The SMILES string of the molecule is CCOC(=O)c1nc2ccccn2c1NC(=O)c1cccc(Br)c1. The Morgan fingerprint density at radius 3 is 2.83 bits per heavy atom. The third-order valence-electron chi connectivity index (χ3n) is 3.32. The van der Waals surface area contributed by atoms with Crippen molar-refractivity contribution in [3.63, 3.8) is 0 Å². The zero-order chi connectivity index (χ0) is 17.1. The number of hydrogen-bond acceptors (Lipinski definition) is 4. The molecule has 0 fully saturated rings. The molecule has 1 amide bonds. The molecule has 3 aromatic rings. The number of fused-ring (bicyclic) bond motifs is 1. The summed E-state index contributed by atoms with van der Waals surface area (Å²) in [7, 11) is 0. The van der Waals surface area contributed by atoms with Crippen LogP contribution in [0.25, 0.3) is 5.65 Å². The first-order valence-electron chi connectivity index (χ1n) is 7.31. The zero-order valence-electron chi connectivity index (χ0n) is 12.8. The molecule has 0 aliphatic carbocycles. The van der Waals surface area contributed by atoms with Crippen LogP contribution in [0, 0.1) is 0 Å². The number of carbonyl (C=O) groups is 2. The third-order valence-corrected chi connectivity index (χ3v) is 3.81. The predicted molar refractivity (Wildman–Crippen MR) is 93.2 cm³/mol. The maximum Gasteiger partial charge on any atom is 0.360 e. The Hall–Kier alpha value is -2.67. The van der Waals surface area contributed by atoms with E-state index in [-0.39, 0.29) is 24.0 Å². The first-order chi connectivity index (χ1) is 11.6. The second-order valence-electron chi connectivity index (χ2n) is 4.92. The first kappa shape index (κ1) is 16.2. The number of rotatable bonds is 4. The van der Waals surface area contributed by atoms with Crippen LogP contribution in [0.5, 0.6) is 0 Å². The molecule has 7 heteroatoms. The summed E-state index contributed by atoms with van der Waals surface area (Å²) in [4.78, 5) is 28.9.